The van der Waals surface area contributed by atoms with Gasteiger partial charge < -0.3 is 33.9 Å². The van der Waals surface area contributed by atoms with Crippen molar-refractivity contribution in [3.05, 3.63) is 12.2 Å². The third kappa shape index (κ3) is 4.14. The molecular formula is C35H55NO8. The number of rotatable bonds is 11. The summed E-state index contributed by atoms with van der Waals surface area (Å²) in [5, 5.41) is 21.4. The Balaban J connectivity index is 1.28. The zero-order chi connectivity index (χ0) is 31.3. The quantitative estimate of drug-likeness (QED) is 0.201. The summed E-state index contributed by atoms with van der Waals surface area (Å²) >= 11 is 0. The standard InChI is InChI=1S/C35H55NO8/c1-7-33-19-24(32(5,39)31(2,3)4)35(40-6)28-29(35)44-27-23(43-30(38)42-17-16-41-15-14-37)11-10-22-18-25(33)36(20-21-8-9-21)13-12-34(28,33)26(22)27/h10-11,21-29,37,39H,7-9,12-20H2,1-6H3/t22?,23?,24?,25?,26?,27?,28-,29+,32+,33-,34?,35-/m1/s1. The van der Waals surface area contributed by atoms with Gasteiger partial charge in [0.2, 0.25) is 0 Å². The number of ether oxygens (including phenoxy) is 5. The molecule has 2 N–H and O–H groups in total. The van der Waals surface area contributed by atoms with Crippen LogP contribution < -0.4 is 0 Å². The first-order valence-corrected chi connectivity index (χ1v) is 17.3. The van der Waals surface area contributed by atoms with Crippen molar-refractivity contribution in [2.24, 2.45) is 45.8 Å². The van der Waals surface area contributed by atoms with Crippen molar-refractivity contribution in [1.29, 1.82) is 0 Å². The Labute approximate surface area is 262 Å². The maximum Gasteiger partial charge on any atom is 0.509 e. The highest BCUT2D eigenvalue weighted by molar-refractivity contribution is 5.60. The monoisotopic (exact) mass is 617 g/mol. The Morgan fingerprint density at radius 3 is 2.57 bits per heavy atom. The molecule has 5 aliphatic carbocycles. The maximum absolute atomic E-state index is 12.9. The van der Waals surface area contributed by atoms with Gasteiger partial charge in [0.25, 0.3) is 0 Å². The van der Waals surface area contributed by atoms with Crippen LogP contribution in [0.25, 0.3) is 0 Å². The number of aliphatic hydroxyl groups is 2. The minimum Gasteiger partial charge on any atom is -0.432 e. The number of allylic oxidation sites excluding steroid dienone is 1. The van der Waals surface area contributed by atoms with E-state index in [0.29, 0.717) is 12.0 Å². The number of nitrogens with zero attached hydrogens (tertiary/aromatic N) is 1. The van der Waals surface area contributed by atoms with Crippen molar-refractivity contribution in [2.75, 3.05) is 46.6 Å². The number of hydrogen-bond donors (Lipinski definition) is 2. The highest BCUT2D eigenvalue weighted by Gasteiger charge is 2.91. The van der Waals surface area contributed by atoms with Gasteiger partial charge in [-0.1, -0.05) is 33.8 Å². The topological polar surface area (TPSA) is 107 Å². The van der Waals surface area contributed by atoms with Gasteiger partial charge in [0, 0.05) is 37.5 Å². The largest absolute Gasteiger partial charge is 0.509 e. The van der Waals surface area contributed by atoms with Gasteiger partial charge in [-0.05, 0) is 86.2 Å². The van der Waals surface area contributed by atoms with Gasteiger partial charge in [0.1, 0.15) is 24.4 Å². The molecule has 0 aromatic carbocycles. The van der Waals surface area contributed by atoms with Gasteiger partial charge in [-0.15, -0.1) is 0 Å². The van der Waals surface area contributed by atoms with E-state index < -0.39 is 23.5 Å². The van der Waals surface area contributed by atoms with Gasteiger partial charge in [-0.3, -0.25) is 4.90 Å². The van der Waals surface area contributed by atoms with Gasteiger partial charge in [-0.25, -0.2) is 4.79 Å². The van der Waals surface area contributed by atoms with Crippen LogP contribution in [0.1, 0.15) is 73.1 Å². The number of fused-ring (bicyclic) bond motifs is 1. The van der Waals surface area contributed by atoms with Crippen LogP contribution in [0.15, 0.2) is 12.2 Å². The number of carbonyl (C=O) groups excluding carboxylic acids is 1. The number of methoxy groups -OCH3 is 1. The normalized spacial score (nSPS) is 46.5. The minimum absolute atomic E-state index is 0.00493. The van der Waals surface area contributed by atoms with Crippen LogP contribution in [-0.4, -0.2) is 103 Å². The third-order valence-corrected chi connectivity index (χ3v) is 14.0. The highest BCUT2D eigenvalue weighted by Crippen LogP contribution is 2.85. The molecule has 7 aliphatic rings. The van der Waals surface area contributed by atoms with Crippen molar-refractivity contribution >= 4 is 6.16 Å². The van der Waals surface area contributed by atoms with Crippen LogP contribution in [0.3, 0.4) is 0 Å². The number of aliphatic hydroxyl groups excluding tert-OH is 1. The summed E-state index contributed by atoms with van der Waals surface area (Å²) in [5.74, 6) is 1.48. The van der Waals surface area contributed by atoms with Crippen LogP contribution in [0, 0.1) is 45.8 Å². The zero-order valence-electron chi connectivity index (χ0n) is 27.6. The Kier molecular flexibility index (Phi) is 7.59. The molecule has 7 unspecified atom stereocenters. The summed E-state index contributed by atoms with van der Waals surface area (Å²) in [6.07, 6.45) is 9.47. The molecule has 248 valence electrons. The number of hydrogen-bond acceptors (Lipinski definition) is 9. The van der Waals surface area contributed by atoms with Crippen molar-refractivity contribution in [3.8, 4) is 0 Å². The van der Waals surface area contributed by atoms with Crippen molar-refractivity contribution in [3.63, 3.8) is 0 Å². The van der Waals surface area contributed by atoms with Crippen LogP contribution in [0.5, 0.6) is 0 Å². The van der Waals surface area contributed by atoms with Crippen molar-refractivity contribution < 1.29 is 38.7 Å². The summed E-state index contributed by atoms with van der Waals surface area (Å²) < 4.78 is 30.4. The predicted octanol–water partition coefficient (Wildman–Crippen LogP) is 4.19. The molecule has 9 nitrogen and oxygen atoms in total. The van der Waals surface area contributed by atoms with E-state index in [1.54, 1.807) is 0 Å². The fourth-order valence-corrected chi connectivity index (χ4v) is 11.5. The summed E-state index contributed by atoms with van der Waals surface area (Å²) in [7, 11) is 1.83. The van der Waals surface area contributed by atoms with Crippen molar-refractivity contribution in [1.82, 2.24) is 4.90 Å². The second-order valence-corrected chi connectivity index (χ2v) is 16.3. The average molecular weight is 618 g/mol. The second-order valence-electron chi connectivity index (χ2n) is 16.3. The Morgan fingerprint density at radius 1 is 1.14 bits per heavy atom. The van der Waals surface area contributed by atoms with E-state index in [1.807, 2.05) is 20.1 Å². The molecule has 0 amide bonds. The smallest absolute Gasteiger partial charge is 0.432 e. The molecule has 0 aromatic rings. The molecule has 2 saturated heterocycles. The average Bonchev–Trinajstić information content (AvgIpc) is 3.91. The van der Waals surface area contributed by atoms with Crippen LogP contribution in [0.2, 0.25) is 0 Å². The first-order chi connectivity index (χ1) is 20.9. The SMILES string of the molecule is CC[C@@]12CC([C@](C)(O)C(C)(C)C)[C@@]3(OC)[C@@H]4[C@@H]3OC3C(OC(=O)OCCOCCO)C=CC5CC1N(CC1CC1)CCC42C53. The molecule has 44 heavy (non-hydrogen) atoms. The van der Waals surface area contributed by atoms with Gasteiger partial charge in [0.15, 0.2) is 0 Å². The van der Waals surface area contributed by atoms with E-state index in [4.69, 9.17) is 28.8 Å². The lowest BCUT2D eigenvalue weighted by Crippen LogP contribution is -2.76. The lowest BCUT2D eigenvalue weighted by Gasteiger charge is -2.74. The fraction of sp³-hybridized carbons (Fsp3) is 0.914. The third-order valence-electron chi connectivity index (χ3n) is 14.0. The molecule has 0 aromatic heterocycles. The Bertz CT molecular complexity index is 1150. The first-order valence-electron chi connectivity index (χ1n) is 17.3. The molecule has 4 saturated carbocycles. The molecule has 6 fully saturated rings. The van der Waals surface area contributed by atoms with Gasteiger partial charge in [-0.2, -0.15) is 0 Å². The molecule has 0 radical (unpaired) electrons. The summed E-state index contributed by atoms with van der Waals surface area (Å²) in [4.78, 5) is 15.7. The van der Waals surface area contributed by atoms with E-state index in [-0.39, 0.29) is 72.6 Å². The van der Waals surface area contributed by atoms with Crippen LogP contribution in [0.4, 0.5) is 4.79 Å². The molecule has 2 bridgehead atoms. The van der Waals surface area contributed by atoms with Gasteiger partial charge >= 0.3 is 6.16 Å². The first kappa shape index (κ1) is 31.4. The summed E-state index contributed by atoms with van der Waals surface area (Å²) in [6, 6.07) is 0.447. The van der Waals surface area contributed by atoms with E-state index in [2.05, 4.69) is 38.7 Å². The lowest BCUT2D eigenvalue weighted by atomic mass is 9.35. The molecule has 12 atom stereocenters. The minimum atomic E-state index is -0.971. The lowest BCUT2D eigenvalue weighted by molar-refractivity contribution is -0.290. The second kappa shape index (κ2) is 10.6. The molecule has 2 aliphatic heterocycles. The van der Waals surface area contributed by atoms with E-state index >= 15 is 0 Å². The van der Waals surface area contributed by atoms with Crippen molar-refractivity contribution in [2.45, 2.75) is 109 Å². The van der Waals surface area contributed by atoms with E-state index in [0.717, 1.165) is 38.1 Å². The summed E-state index contributed by atoms with van der Waals surface area (Å²) in [6.45, 7) is 13.6. The number of piperidine rings is 1. The molecule has 9 heteroatoms. The van der Waals surface area contributed by atoms with E-state index in [9.17, 15) is 9.90 Å². The zero-order valence-corrected chi connectivity index (χ0v) is 27.6. The highest BCUT2D eigenvalue weighted by atomic mass is 16.7. The Morgan fingerprint density at radius 2 is 1.91 bits per heavy atom. The molecule has 7 rings (SSSR count). The van der Waals surface area contributed by atoms with Crippen LogP contribution >= 0.6 is 0 Å². The number of carbonyl (C=O) groups is 1. The van der Waals surface area contributed by atoms with E-state index in [1.165, 1.54) is 19.4 Å². The fourth-order valence-electron chi connectivity index (χ4n) is 11.5. The van der Waals surface area contributed by atoms with Crippen LogP contribution in [-0.2, 0) is 23.7 Å². The maximum atomic E-state index is 12.9. The molecule has 2 heterocycles. The number of likely N-dealkylation sites (tertiary alicyclic amines) is 1. The Hall–Kier alpha value is -1.23. The molecular weight excluding hydrogens is 562 g/mol. The molecule has 1 spiro atoms. The van der Waals surface area contributed by atoms with Gasteiger partial charge in [0.05, 0.1) is 31.5 Å². The summed E-state index contributed by atoms with van der Waals surface area (Å²) in [5.41, 5.74) is -1.92. The predicted molar refractivity (Wildman–Crippen MR) is 163 cm³/mol.